The van der Waals surface area contributed by atoms with Gasteiger partial charge in [0.05, 0.1) is 11.4 Å². The quantitative estimate of drug-likeness (QED) is 0.912. The zero-order chi connectivity index (χ0) is 17.3. The second-order valence-electron chi connectivity index (χ2n) is 5.38. The maximum Gasteiger partial charge on any atom is 0.326 e. The van der Waals surface area contributed by atoms with Crippen molar-refractivity contribution in [3.8, 4) is 0 Å². The fourth-order valence-corrected chi connectivity index (χ4v) is 3.88. The van der Waals surface area contributed by atoms with Crippen LogP contribution in [-0.4, -0.2) is 27.9 Å². The van der Waals surface area contributed by atoms with Crippen LogP contribution in [0, 0.1) is 5.82 Å². The van der Waals surface area contributed by atoms with Crippen molar-refractivity contribution >= 4 is 27.5 Å². The van der Waals surface area contributed by atoms with Crippen molar-refractivity contribution in [1.29, 1.82) is 0 Å². The van der Waals surface area contributed by atoms with Crippen molar-refractivity contribution < 1.29 is 17.6 Å². The highest BCUT2D eigenvalue weighted by Gasteiger charge is 2.39. The number of nitrogens with one attached hydrogen (secondary N) is 1. The summed E-state index contributed by atoms with van der Waals surface area (Å²) in [5.41, 5.74) is 1.40. The molecular formula is C16H16FN3O3S. The zero-order valence-corrected chi connectivity index (χ0v) is 13.8. The zero-order valence-electron chi connectivity index (χ0n) is 12.9. The minimum Gasteiger partial charge on any atom is -0.350 e. The van der Waals surface area contributed by atoms with E-state index in [1.165, 1.54) is 19.2 Å². The highest BCUT2D eigenvalue weighted by atomic mass is 32.2. The van der Waals surface area contributed by atoms with Gasteiger partial charge in [-0.25, -0.2) is 8.70 Å². The van der Waals surface area contributed by atoms with Gasteiger partial charge in [-0.2, -0.15) is 8.42 Å². The summed E-state index contributed by atoms with van der Waals surface area (Å²) >= 11 is 0. The molecule has 1 heterocycles. The molecule has 1 amide bonds. The molecule has 1 aliphatic heterocycles. The fourth-order valence-electron chi connectivity index (χ4n) is 2.51. The van der Waals surface area contributed by atoms with Gasteiger partial charge in [0.2, 0.25) is 5.91 Å². The summed E-state index contributed by atoms with van der Waals surface area (Å²) in [6.07, 6.45) is 0. The van der Waals surface area contributed by atoms with Crippen molar-refractivity contribution in [3.63, 3.8) is 0 Å². The molecule has 2 aromatic carbocycles. The van der Waals surface area contributed by atoms with Gasteiger partial charge in [0.1, 0.15) is 12.4 Å². The molecule has 8 heteroatoms. The number of fused-ring (bicyclic) bond motifs is 1. The number of hydrogen-bond acceptors (Lipinski definition) is 3. The molecule has 0 saturated carbocycles. The lowest BCUT2D eigenvalue weighted by Gasteiger charge is -2.18. The number of halogens is 1. The molecule has 0 fully saturated rings. The van der Waals surface area contributed by atoms with Crippen LogP contribution in [0.2, 0.25) is 0 Å². The first-order valence-electron chi connectivity index (χ1n) is 7.26. The van der Waals surface area contributed by atoms with Crippen LogP contribution < -0.4 is 13.9 Å². The molecule has 0 aromatic heterocycles. The summed E-state index contributed by atoms with van der Waals surface area (Å²) in [6.45, 7) is -0.116. The Hall–Kier alpha value is -2.61. The van der Waals surface area contributed by atoms with Crippen molar-refractivity contribution in [1.82, 2.24) is 5.32 Å². The number of rotatable bonds is 4. The summed E-state index contributed by atoms with van der Waals surface area (Å²) in [5, 5.41) is 2.67. The third kappa shape index (κ3) is 2.92. The SMILES string of the molecule is CN1c2ccc(F)cc2N(CC(=O)NCc2ccccc2)S1(=O)=O. The molecule has 6 nitrogen and oxygen atoms in total. The van der Waals surface area contributed by atoms with Crippen LogP contribution in [0.1, 0.15) is 5.56 Å². The highest BCUT2D eigenvalue weighted by Crippen LogP contribution is 2.39. The molecule has 0 atom stereocenters. The van der Waals surface area contributed by atoms with Gasteiger partial charge in [-0.1, -0.05) is 30.3 Å². The molecule has 24 heavy (non-hydrogen) atoms. The van der Waals surface area contributed by atoms with E-state index >= 15 is 0 Å². The Morgan fingerprint density at radius 2 is 1.83 bits per heavy atom. The van der Waals surface area contributed by atoms with E-state index in [9.17, 15) is 17.6 Å². The summed E-state index contributed by atoms with van der Waals surface area (Å²) in [4.78, 5) is 12.1. The van der Waals surface area contributed by atoms with Crippen molar-refractivity contribution in [2.24, 2.45) is 0 Å². The Kier molecular flexibility index (Phi) is 4.15. The van der Waals surface area contributed by atoms with Gasteiger partial charge in [-0.15, -0.1) is 0 Å². The van der Waals surface area contributed by atoms with Crippen molar-refractivity contribution in [2.75, 3.05) is 22.2 Å². The van der Waals surface area contributed by atoms with E-state index in [0.717, 1.165) is 20.2 Å². The minimum absolute atomic E-state index is 0.160. The first-order valence-corrected chi connectivity index (χ1v) is 8.66. The van der Waals surface area contributed by atoms with Gasteiger partial charge in [-0.05, 0) is 17.7 Å². The van der Waals surface area contributed by atoms with Gasteiger partial charge in [0.25, 0.3) is 0 Å². The number of anilines is 2. The third-order valence-corrected chi connectivity index (χ3v) is 5.56. The third-order valence-electron chi connectivity index (χ3n) is 3.79. The number of amides is 1. The second-order valence-corrected chi connectivity index (χ2v) is 7.26. The predicted octanol–water partition coefficient (Wildman–Crippen LogP) is 1.64. The van der Waals surface area contributed by atoms with Crippen LogP contribution in [0.25, 0.3) is 0 Å². The number of benzene rings is 2. The standard InChI is InChI=1S/C16H16FN3O3S/c1-19-14-8-7-13(17)9-15(14)20(24(19,22)23)11-16(21)18-10-12-5-3-2-4-6-12/h2-9H,10-11H2,1H3,(H,18,21). The molecule has 1 aliphatic rings. The lowest BCUT2D eigenvalue weighted by Crippen LogP contribution is -2.42. The molecule has 0 saturated heterocycles. The number of carbonyl (C=O) groups excluding carboxylic acids is 1. The molecule has 3 rings (SSSR count). The maximum atomic E-state index is 13.5. The number of nitrogens with zero attached hydrogens (tertiary/aromatic N) is 2. The lowest BCUT2D eigenvalue weighted by molar-refractivity contribution is -0.119. The van der Waals surface area contributed by atoms with E-state index in [1.807, 2.05) is 30.3 Å². The predicted molar refractivity (Wildman–Crippen MR) is 89.4 cm³/mol. The van der Waals surface area contributed by atoms with E-state index in [0.29, 0.717) is 12.2 Å². The fraction of sp³-hybridized carbons (Fsp3) is 0.188. The van der Waals surface area contributed by atoms with Crippen LogP contribution in [0.4, 0.5) is 15.8 Å². The van der Waals surface area contributed by atoms with Crippen LogP contribution in [0.5, 0.6) is 0 Å². The minimum atomic E-state index is -3.88. The molecule has 1 N–H and O–H groups in total. The van der Waals surface area contributed by atoms with E-state index < -0.39 is 28.5 Å². The summed E-state index contributed by atoms with van der Waals surface area (Å²) in [6, 6.07) is 12.9. The smallest absolute Gasteiger partial charge is 0.326 e. The second kappa shape index (κ2) is 6.12. The van der Waals surface area contributed by atoms with Gasteiger partial charge < -0.3 is 5.32 Å². The Bertz CT molecular complexity index is 871. The molecule has 2 aromatic rings. The van der Waals surface area contributed by atoms with Crippen molar-refractivity contribution in [2.45, 2.75) is 6.54 Å². The Labute approximate surface area is 139 Å². The van der Waals surface area contributed by atoms with E-state index in [-0.39, 0.29) is 5.69 Å². The maximum absolute atomic E-state index is 13.5. The monoisotopic (exact) mass is 349 g/mol. The molecule has 0 spiro atoms. The summed E-state index contributed by atoms with van der Waals surface area (Å²) < 4.78 is 40.3. The molecule has 0 radical (unpaired) electrons. The Morgan fingerprint density at radius 1 is 1.12 bits per heavy atom. The average molecular weight is 349 g/mol. The number of hydrogen-bond donors (Lipinski definition) is 1. The topological polar surface area (TPSA) is 69.7 Å². The van der Waals surface area contributed by atoms with Crippen LogP contribution >= 0.6 is 0 Å². The first-order chi connectivity index (χ1) is 11.4. The van der Waals surface area contributed by atoms with Crippen molar-refractivity contribution in [3.05, 3.63) is 59.9 Å². The largest absolute Gasteiger partial charge is 0.350 e. The van der Waals surface area contributed by atoms with E-state index in [2.05, 4.69) is 5.32 Å². The summed E-state index contributed by atoms with van der Waals surface area (Å²) in [5.74, 6) is -1.03. The molecule has 0 bridgehead atoms. The van der Waals surface area contributed by atoms with E-state index in [1.54, 1.807) is 0 Å². The summed E-state index contributed by atoms with van der Waals surface area (Å²) in [7, 11) is -2.51. The molecular weight excluding hydrogens is 333 g/mol. The lowest BCUT2D eigenvalue weighted by atomic mass is 10.2. The van der Waals surface area contributed by atoms with Crippen LogP contribution in [-0.2, 0) is 21.5 Å². The first kappa shape index (κ1) is 16.3. The highest BCUT2D eigenvalue weighted by molar-refractivity contribution is 7.94. The molecule has 126 valence electrons. The van der Waals surface area contributed by atoms with Gasteiger partial charge in [-0.3, -0.25) is 9.10 Å². The van der Waals surface area contributed by atoms with Gasteiger partial charge in [0, 0.05) is 19.7 Å². The van der Waals surface area contributed by atoms with Crippen LogP contribution in [0.15, 0.2) is 48.5 Å². The Balaban J connectivity index is 1.77. The number of carbonyl (C=O) groups is 1. The Morgan fingerprint density at radius 3 is 2.54 bits per heavy atom. The molecule has 0 unspecified atom stereocenters. The van der Waals surface area contributed by atoms with Gasteiger partial charge in [0.15, 0.2) is 0 Å². The van der Waals surface area contributed by atoms with Gasteiger partial charge >= 0.3 is 10.2 Å². The normalized spacial score (nSPS) is 15.2. The van der Waals surface area contributed by atoms with E-state index in [4.69, 9.17) is 0 Å². The molecule has 0 aliphatic carbocycles. The van der Waals surface area contributed by atoms with Crippen LogP contribution in [0.3, 0.4) is 0 Å². The average Bonchev–Trinajstić information content (AvgIpc) is 2.74.